The van der Waals surface area contributed by atoms with E-state index in [1.54, 1.807) is 0 Å². The summed E-state index contributed by atoms with van der Waals surface area (Å²) in [4.78, 5) is 0. The lowest BCUT2D eigenvalue weighted by Gasteiger charge is -2.13. The van der Waals surface area contributed by atoms with E-state index in [4.69, 9.17) is 10.5 Å². The molecule has 0 saturated carbocycles. The van der Waals surface area contributed by atoms with E-state index < -0.39 is 0 Å². The molecule has 0 aliphatic carbocycles. The van der Waals surface area contributed by atoms with Crippen LogP contribution in [0.4, 0.5) is 5.69 Å². The number of nitrogens with two attached hydrogens (primary N) is 1. The van der Waals surface area contributed by atoms with Crippen LogP contribution < -0.4 is 10.5 Å². The predicted octanol–water partition coefficient (Wildman–Crippen LogP) is 4.41. The van der Waals surface area contributed by atoms with Gasteiger partial charge in [-0.2, -0.15) is 5.10 Å². The van der Waals surface area contributed by atoms with Crippen molar-refractivity contribution in [1.29, 1.82) is 0 Å². The zero-order chi connectivity index (χ0) is 15.6. The molecular weight excluding hydrogens is 262 g/mol. The van der Waals surface area contributed by atoms with Crippen LogP contribution in [0.3, 0.4) is 0 Å². The van der Waals surface area contributed by atoms with Gasteiger partial charge in [-0.1, -0.05) is 26.8 Å². The van der Waals surface area contributed by atoms with Crippen molar-refractivity contribution in [2.45, 2.75) is 53.5 Å². The predicted molar refractivity (Wildman–Crippen MR) is 87.0 cm³/mol. The van der Waals surface area contributed by atoms with Gasteiger partial charge in [0.05, 0.1) is 5.69 Å². The average Bonchev–Trinajstić information content (AvgIpc) is 2.67. The Morgan fingerprint density at radius 3 is 2.57 bits per heavy atom. The Hall–Kier alpha value is -1.97. The summed E-state index contributed by atoms with van der Waals surface area (Å²) in [5.41, 5.74) is 10.1. The molecule has 2 N–H and O–H groups in total. The summed E-state index contributed by atoms with van der Waals surface area (Å²) in [6.07, 6.45) is 0.988. The van der Waals surface area contributed by atoms with E-state index in [9.17, 15) is 0 Å². The molecule has 0 unspecified atom stereocenters. The van der Waals surface area contributed by atoms with E-state index in [0.717, 1.165) is 24.4 Å². The quantitative estimate of drug-likeness (QED) is 0.886. The third-order valence-electron chi connectivity index (χ3n) is 3.64. The van der Waals surface area contributed by atoms with Crippen molar-refractivity contribution in [3.63, 3.8) is 0 Å². The summed E-state index contributed by atoms with van der Waals surface area (Å²) >= 11 is 0. The molecule has 1 heterocycles. The van der Waals surface area contributed by atoms with Crippen molar-refractivity contribution in [2.24, 2.45) is 0 Å². The minimum absolute atomic E-state index is 0.511. The Balaban J connectivity index is 2.32. The fourth-order valence-corrected chi connectivity index (χ4v) is 2.52. The van der Waals surface area contributed by atoms with Crippen LogP contribution in [-0.4, -0.2) is 9.78 Å². The number of benzene rings is 1. The lowest BCUT2D eigenvalue weighted by Crippen LogP contribution is -2.03. The van der Waals surface area contributed by atoms with Crippen LogP contribution in [0.1, 0.15) is 49.9 Å². The fourth-order valence-electron chi connectivity index (χ4n) is 2.52. The lowest BCUT2D eigenvalue weighted by molar-refractivity contribution is 0.410. The molecule has 0 saturated heterocycles. The van der Waals surface area contributed by atoms with E-state index in [0.29, 0.717) is 17.5 Å². The van der Waals surface area contributed by atoms with Gasteiger partial charge in [-0.3, -0.25) is 0 Å². The van der Waals surface area contributed by atoms with Crippen molar-refractivity contribution in [3.8, 4) is 11.6 Å². The lowest BCUT2D eigenvalue weighted by atomic mass is 9.98. The molecule has 1 aromatic carbocycles. The van der Waals surface area contributed by atoms with E-state index in [1.807, 2.05) is 17.7 Å². The normalized spacial score (nSPS) is 11.1. The second-order valence-corrected chi connectivity index (χ2v) is 5.80. The number of aryl methyl sites for hydroxylation is 3. The van der Waals surface area contributed by atoms with Crippen LogP contribution in [0.25, 0.3) is 0 Å². The minimum atomic E-state index is 0.511. The van der Waals surface area contributed by atoms with E-state index in [-0.39, 0.29) is 0 Å². The van der Waals surface area contributed by atoms with Gasteiger partial charge in [-0.15, -0.1) is 0 Å². The summed E-state index contributed by atoms with van der Waals surface area (Å²) in [7, 11) is 0. The molecule has 0 aliphatic rings. The number of ether oxygens (including phenoxy) is 1. The molecule has 21 heavy (non-hydrogen) atoms. The van der Waals surface area contributed by atoms with Gasteiger partial charge in [0.25, 0.3) is 0 Å². The van der Waals surface area contributed by atoms with Crippen LogP contribution in [0.5, 0.6) is 11.6 Å². The molecule has 0 radical (unpaired) electrons. The Labute approximate surface area is 126 Å². The monoisotopic (exact) mass is 287 g/mol. The van der Waals surface area contributed by atoms with Gasteiger partial charge >= 0.3 is 0 Å². The first-order valence-electron chi connectivity index (χ1n) is 7.55. The highest BCUT2D eigenvalue weighted by atomic mass is 16.5. The zero-order valence-electron chi connectivity index (χ0n) is 13.6. The fraction of sp³-hybridized carbons (Fsp3) is 0.471. The summed E-state index contributed by atoms with van der Waals surface area (Å²) in [6, 6.07) is 6.19. The van der Waals surface area contributed by atoms with Gasteiger partial charge in [-0.05, 0) is 49.4 Å². The smallest absolute Gasteiger partial charge is 0.241 e. The minimum Gasteiger partial charge on any atom is -0.437 e. The maximum atomic E-state index is 6.09. The number of nitrogens with zero attached hydrogens (tertiary/aromatic N) is 2. The van der Waals surface area contributed by atoms with Crippen LogP contribution in [0.2, 0.25) is 0 Å². The molecule has 0 aliphatic heterocycles. The number of rotatable bonds is 5. The van der Waals surface area contributed by atoms with Crippen molar-refractivity contribution in [2.75, 3.05) is 5.73 Å². The first-order valence-corrected chi connectivity index (χ1v) is 7.55. The molecule has 0 bridgehead atoms. The summed E-state index contributed by atoms with van der Waals surface area (Å²) in [5, 5.41) is 4.43. The molecule has 2 aromatic rings. The Morgan fingerprint density at radius 2 is 2.00 bits per heavy atom. The summed E-state index contributed by atoms with van der Waals surface area (Å²) in [5.74, 6) is 1.96. The third-order valence-corrected chi connectivity index (χ3v) is 3.64. The van der Waals surface area contributed by atoms with Crippen LogP contribution in [0, 0.1) is 13.8 Å². The maximum Gasteiger partial charge on any atom is 0.241 e. The molecule has 0 fully saturated rings. The van der Waals surface area contributed by atoms with Gasteiger partial charge in [0.2, 0.25) is 5.88 Å². The van der Waals surface area contributed by atoms with Gasteiger partial charge in [0.1, 0.15) is 11.4 Å². The zero-order valence-corrected chi connectivity index (χ0v) is 13.6. The highest BCUT2D eigenvalue weighted by molar-refractivity contribution is 5.54. The van der Waals surface area contributed by atoms with Gasteiger partial charge < -0.3 is 10.5 Å². The Bertz CT molecular complexity index is 629. The maximum absolute atomic E-state index is 6.09. The largest absolute Gasteiger partial charge is 0.437 e. The number of hydrogen-bond donors (Lipinski definition) is 1. The van der Waals surface area contributed by atoms with Gasteiger partial charge in [0, 0.05) is 6.54 Å². The SMILES string of the molecule is CCCn1nc(C)c(N)c1Oc1ccc(C(C)C)c(C)c1. The first-order chi connectivity index (χ1) is 9.93. The average molecular weight is 287 g/mol. The van der Waals surface area contributed by atoms with E-state index in [1.165, 1.54) is 11.1 Å². The van der Waals surface area contributed by atoms with Crippen molar-refractivity contribution in [3.05, 3.63) is 35.0 Å². The highest BCUT2D eigenvalue weighted by Crippen LogP contribution is 2.32. The van der Waals surface area contributed by atoms with Crippen molar-refractivity contribution >= 4 is 5.69 Å². The Morgan fingerprint density at radius 1 is 1.29 bits per heavy atom. The van der Waals surface area contributed by atoms with Gasteiger partial charge in [0.15, 0.2) is 0 Å². The number of hydrogen-bond acceptors (Lipinski definition) is 3. The molecule has 4 nitrogen and oxygen atoms in total. The molecular formula is C17H25N3O. The number of aromatic nitrogens is 2. The van der Waals surface area contributed by atoms with E-state index >= 15 is 0 Å². The topological polar surface area (TPSA) is 53.1 Å². The molecule has 1 aromatic heterocycles. The van der Waals surface area contributed by atoms with Crippen LogP contribution in [-0.2, 0) is 6.54 Å². The number of anilines is 1. The Kier molecular flexibility index (Phi) is 4.56. The first kappa shape index (κ1) is 15.4. The van der Waals surface area contributed by atoms with Crippen LogP contribution >= 0.6 is 0 Å². The third kappa shape index (κ3) is 3.20. The summed E-state index contributed by atoms with van der Waals surface area (Å²) < 4.78 is 7.85. The highest BCUT2D eigenvalue weighted by Gasteiger charge is 2.15. The molecule has 2 rings (SSSR count). The molecule has 0 spiro atoms. The molecule has 114 valence electrons. The second-order valence-electron chi connectivity index (χ2n) is 5.80. The molecule has 0 amide bonds. The van der Waals surface area contributed by atoms with Gasteiger partial charge in [-0.25, -0.2) is 4.68 Å². The standard InChI is InChI=1S/C17H25N3O/c1-6-9-20-17(16(18)13(5)19-20)21-14-7-8-15(11(2)3)12(4)10-14/h7-8,10-11H,6,9,18H2,1-5H3. The van der Waals surface area contributed by atoms with Crippen molar-refractivity contribution in [1.82, 2.24) is 9.78 Å². The second kappa shape index (κ2) is 6.20. The van der Waals surface area contributed by atoms with Crippen LogP contribution in [0.15, 0.2) is 18.2 Å². The summed E-state index contributed by atoms with van der Waals surface area (Å²) in [6.45, 7) is 11.3. The molecule has 4 heteroatoms. The number of nitrogen functional groups attached to an aromatic ring is 1. The van der Waals surface area contributed by atoms with E-state index in [2.05, 4.69) is 44.9 Å². The van der Waals surface area contributed by atoms with Crippen molar-refractivity contribution < 1.29 is 4.74 Å². The molecule has 0 atom stereocenters.